The molecule has 2 heterocycles. The second-order valence-corrected chi connectivity index (χ2v) is 7.85. The standard InChI is InChI=1S/C20H24N2O2S/c1-24-18-11-5-4-9-15(18)19-21-16(13-25-19)20(23)22-12-6-10-17(22)14-7-2-3-8-14/h4-5,9,11,13-14,17H,2-3,6-8,10,12H2,1H3. The first-order valence-corrected chi connectivity index (χ1v) is 10.1. The summed E-state index contributed by atoms with van der Waals surface area (Å²) in [6.45, 7) is 0.877. The van der Waals surface area contributed by atoms with Gasteiger partial charge < -0.3 is 9.64 Å². The lowest BCUT2D eigenvalue weighted by atomic mass is 9.96. The van der Waals surface area contributed by atoms with E-state index >= 15 is 0 Å². The number of nitrogens with zero attached hydrogens (tertiary/aromatic N) is 2. The van der Waals surface area contributed by atoms with Gasteiger partial charge in [0, 0.05) is 18.0 Å². The van der Waals surface area contributed by atoms with Crippen LogP contribution in [0.1, 0.15) is 49.0 Å². The van der Waals surface area contributed by atoms with Gasteiger partial charge in [0.25, 0.3) is 5.91 Å². The number of aromatic nitrogens is 1. The maximum absolute atomic E-state index is 13.1. The molecule has 1 amide bonds. The van der Waals surface area contributed by atoms with E-state index in [0.717, 1.165) is 35.7 Å². The van der Waals surface area contributed by atoms with Crippen molar-refractivity contribution < 1.29 is 9.53 Å². The first-order chi connectivity index (χ1) is 12.3. The summed E-state index contributed by atoms with van der Waals surface area (Å²) in [6.07, 6.45) is 7.46. The van der Waals surface area contributed by atoms with Crippen LogP contribution >= 0.6 is 11.3 Å². The third kappa shape index (κ3) is 3.17. The highest BCUT2D eigenvalue weighted by Gasteiger charge is 2.36. The number of hydrogen-bond donors (Lipinski definition) is 0. The van der Waals surface area contributed by atoms with Gasteiger partial charge in [0.15, 0.2) is 0 Å². The van der Waals surface area contributed by atoms with Gasteiger partial charge in [0.05, 0.1) is 12.7 Å². The van der Waals surface area contributed by atoms with E-state index in [9.17, 15) is 4.79 Å². The van der Waals surface area contributed by atoms with Crippen LogP contribution in [-0.2, 0) is 0 Å². The molecule has 1 unspecified atom stereocenters. The lowest BCUT2D eigenvalue weighted by molar-refractivity contribution is 0.0684. The number of methoxy groups -OCH3 is 1. The topological polar surface area (TPSA) is 42.4 Å². The number of hydrogen-bond acceptors (Lipinski definition) is 4. The zero-order valence-corrected chi connectivity index (χ0v) is 15.4. The average molecular weight is 356 g/mol. The van der Waals surface area contributed by atoms with Gasteiger partial charge in [-0.2, -0.15) is 0 Å². The number of carbonyl (C=O) groups excluding carboxylic acids is 1. The summed E-state index contributed by atoms with van der Waals surface area (Å²) in [7, 11) is 1.66. The number of ether oxygens (including phenoxy) is 1. The van der Waals surface area contributed by atoms with Crippen molar-refractivity contribution in [3.8, 4) is 16.3 Å². The predicted molar refractivity (Wildman–Crippen MR) is 100 cm³/mol. The molecular weight excluding hydrogens is 332 g/mol. The second-order valence-electron chi connectivity index (χ2n) is 6.99. The molecule has 0 bridgehead atoms. The van der Waals surface area contributed by atoms with Crippen LogP contribution in [-0.4, -0.2) is 35.5 Å². The van der Waals surface area contributed by atoms with E-state index in [0.29, 0.717) is 17.7 Å². The van der Waals surface area contributed by atoms with Crippen LogP contribution < -0.4 is 4.74 Å². The Kier molecular flexibility index (Phi) is 4.75. The molecule has 4 rings (SSSR count). The zero-order chi connectivity index (χ0) is 17.2. The highest BCUT2D eigenvalue weighted by Crippen LogP contribution is 2.37. The molecule has 2 aromatic rings. The number of amides is 1. The molecule has 1 saturated heterocycles. The fourth-order valence-corrected chi connectivity index (χ4v) is 5.16. The third-order valence-corrected chi connectivity index (χ3v) is 6.44. The molecule has 1 aliphatic carbocycles. The van der Waals surface area contributed by atoms with Crippen molar-refractivity contribution in [2.24, 2.45) is 5.92 Å². The molecule has 5 heteroatoms. The van der Waals surface area contributed by atoms with Gasteiger partial charge >= 0.3 is 0 Å². The maximum Gasteiger partial charge on any atom is 0.273 e. The van der Waals surface area contributed by atoms with Crippen molar-refractivity contribution in [1.29, 1.82) is 0 Å². The Hall–Kier alpha value is -1.88. The smallest absolute Gasteiger partial charge is 0.273 e. The largest absolute Gasteiger partial charge is 0.496 e. The monoisotopic (exact) mass is 356 g/mol. The summed E-state index contributed by atoms with van der Waals surface area (Å²) >= 11 is 1.51. The highest BCUT2D eigenvalue weighted by atomic mass is 32.1. The Bertz CT molecular complexity index is 752. The van der Waals surface area contributed by atoms with E-state index in [1.165, 1.54) is 37.0 Å². The Balaban J connectivity index is 1.56. The van der Waals surface area contributed by atoms with Crippen molar-refractivity contribution in [2.45, 2.75) is 44.6 Å². The number of benzene rings is 1. The molecule has 2 aliphatic rings. The SMILES string of the molecule is COc1ccccc1-c1nc(C(=O)N2CCCC2C2CCCC2)cs1. The quantitative estimate of drug-likeness (QED) is 0.803. The van der Waals surface area contributed by atoms with E-state index in [4.69, 9.17) is 4.74 Å². The summed E-state index contributed by atoms with van der Waals surface area (Å²) in [6, 6.07) is 8.25. The number of carbonyl (C=O) groups is 1. The Morgan fingerprint density at radius 3 is 2.80 bits per heavy atom. The molecule has 1 saturated carbocycles. The van der Waals surface area contributed by atoms with Crippen molar-refractivity contribution in [3.63, 3.8) is 0 Å². The van der Waals surface area contributed by atoms with Gasteiger partial charge in [-0.05, 0) is 43.7 Å². The summed E-state index contributed by atoms with van der Waals surface area (Å²) in [5.41, 5.74) is 1.53. The summed E-state index contributed by atoms with van der Waals surface area (Å²) < 4.78 is 5.43. The Labute approximate surface area is 152 Å². The van der Waals surface area contributed by atoms with Gasteiger partial charge in [0.2, 0.25) is 0 Å². The molecule has 132 valence electrons. The molecule has 4 nitrogen and oxygen atoms in total. The first-order valence-electron chi connectivity index (χ1n) is 9.18. The van der Waals surface area contributed by atoms with Gasteiger partial charge in [-0.1, -0.05) is 25.0 Å². The van der Waals surface area contributed by atoms with Crippen LogP contribution in [0.4, 0.5) is 0 Å². The molecule has 25 heavy (non-hydrogen) atoms. The molecule has 0 N–H and O–H groups in total. The van der Waals surface area contributed by atoms with Crippen LogP contribution in [0.5, 0.6) is 5.75 Å². The van der Waals surface area contributed by atoms with E-state index < -0.39 is 0 Å². The maximum atomic E-state index is 13.1. The number of thiazole rings is 1. The van der Waals surface area contributed by atoms with E-state index in [1.54, 1.807) is 7.11 Å². The second kappa shape index (κ2) is 7.16. The molecule has 1 aromatic carbocycles. The fraction of sp³-hybridized carbons (Fsp3) is 0.500. The molecule has 2 fully saturated rings. The molecule has 1 aromatic heterocycles. The Morgan fingerprint density at radius 1 is 1.20 bits per heavy atom. The van der Waals surface area contributed by atoms with E-state index in [2.05, 4.69) is 9.88 Å². The lowest BCUT2D eigenvalue weighted by Crippen LogP contribution is -2.39. The van der Waals surface area contributed by atoms with Crippen molar-refractivity contribution in [2.75, 3.05) is 13.7 Å². The molecule has 1 aliphatic heterocycles. The van der Waals surface area contributed by atoms with E-state index in [-0.39, 0.29) is 5.91 Å². The lowest BCUT2D eigenvalue weighted by Gasteiger charge is -2.28. The molecule has 1 atom stereocenters. The van der Waals surface area contributed by atoms with Crippen LogP contribution in [0.25, 0.3) is 10.6 Å². The molecule has 0 spiro atoms. The van der Waals surface area contributed by atoms with Gasteiger partial charge in [-0.15, -0.1) is 11.3 Å². The number of rotatable bonds is 4. The minimum absolute atomic E-state index is 0.104. The molecule has 0 radical (unpaired) electrons. The summed E-state index contributed by atoms with van der Waals surface area (Å²) in [5.74, 6) is 1.59. The van der Waals surface area contributed by atoms with Crippen LogP contribution in [0.15, 0.2) is 29.6 Å². The van der Waals surface area contributed by atoms with E-state index in [1.807, 2.05) is 29.6 Å². The van der Waals surface area contributed by atoms with Gasteiger partial charge in [-0.3, -0.25) is 4.79 Å². The normalized spacial score (nSPS) is 21.0. The van der Waals surface area contributed by atoms with Crippen LogP contribution in [0.2, 0.25) is 0 Å². The predicted octanol–water partition coefficient (Wildman–Crippen LogP) is 4.61. The molecular formula is C20H24N2O2S. The average Bonchev–Trinajstić information content (AvgIpc) is 3.41. The first kappa shape index (κ1) is 16.6. The van der Waals surface area contributed by atoms with Gasteiger partial charge in [-0.25, -0.2) is 4.98 Å². The number of para-hydroxylation sites is 1. The highest BCUT2D eigenvalue weighted by molar-refractivity contribution is 7.13. The van der Waals surface area contributed by atoms with Gasteiger partial charge in [0.1, 0.15) is 16.5 Å². The van der Waals surface area contributed by atoms with Crippen LogP contribution in [0.3, 0.4) is 0 Å². The van der Waals surface area contributed by atoms with Crippen molar-refractivity contribution >= 4 is 17.2 Å². The minimum Gasteiger partial charge on any atom is -0.496 e. The Morgan fingerprint density at radius 2 is 2.00 bits per heavy atom. The van der Waals surface area contributed by atoms with Crippen molar-refractivity contribution in [1.82, 2.24) is 9.88 Å². The van der Waals surface area contributed by atoms with Crippen LogP contribution in [0, 0.1) is 5.92 Å². The summed E-state index contributed by atoms with van der Waals surface area (Å²) in [5, 5.41) is 2.74. The minimum atomic E-state index is 0.104. The summed E-state index contributed by atoms with van der Waals surface area (Å²) in [4.78, 5) is 19.8. The third-order valence-electron chi connectivity index (χ3n) is 5.56. The fourth-order valence-electron chi connectivity index (χ4n) is 4.34. The number of likely N-dealkylation sites (tertiary alicyclic amines) is 1. The van der Waals surface area contributed by atoms with Crippen molar-refractivity contribution in [3.05, 3.63) is 35.3 Å². The zero-order valence-electron chi connectivity index (χ0n) is 14.6.